The highest BCUT2D eigenvalue weighted by molar-refractivity contribution is 7.00. The summed E-state index contributed by atoms with van der Waals surface area (Å²) >= 11 is 1.04. The second-order valence-electron chi connectivity index (χ2n) is 5.91. The van der Waals surface area contributed by atoms with Crippen molar-refractivity contribution in [2.24, 2.45) is 0 Å². The summed E-state index contributed by atoms with van der Waals surface area (Å²) in [6, 6.07) is 5.22. The van der Waals surface area contributed by atoms with Gasteiger partial charge in [0.25, 0.3) is 5.91 Å². The van der Waals surface area contributed by atoms with Gasteiger partial charge in [-0.15, -0.1) is 0 Å². The molecule has 0 aliphatic heterocycles. The van der Waals surface area contributed by atoms with E-state index >= 15 is 0 Å². The molecule has 3 rings (SSSR count). The average Bonchev–Trinajstić information content (AvgIpc) is 3.25. The smallest absolute Gasteiger partial charge is 0.355 e. The van der Waals surface area contributed by atoms with Gasteiger partial charge in [0.15, 0.2) is 6.61 Å². The molecular formula is C18H18N4O5S. The number of carbonyl (C=O) groups excluding carboxylic acids is 3. The summed E-state index contributed by atoms with van der Waals surface area (Å²) in [6.45, 7) is 4.71. The zero-order valence-electron chi connectivity index (χ0n) is 15.5. The second-order valence-corrected chi connectivity index (χ2v) is 6.44. The highest BCUT2D eigenvalue weighted by atomic mass is 32.1. The first-order valence-electron chi connectivity index (χ1n) is 8.47. The number of aromatic amines is 1. The molecule has 0 fully saturated rings. The Balaban J connectivity index is 1.65. The summed E-state index contributed by atoms with van der Waals surface area (Å²) < 4.78 is 18.3. The van der Waals surface area contributed by atoms with Crippen molar-refractivity contribution in [2.75, 3.05) is 18.5 Å². The van der Waals surface area contributed by atoms with Crippen LogP contribution in [0.25, 0.3) is 11.0 Å². The number of nitrogens with one attached hydrogen (secondary N) is 2. The van der Waals surface area contributed by atoms with Crippen molar-refractivity contribution in [1.82, 2.24) is 13.7 Å². The molecule has 0 radical (unpaired) electrons. The molecule has 28 heavy (non-hydrogen) atoms. The van der Waals surface area contributed by atoms with Crippen LogP contribution in [-0.4, -0.2) is 44.8 Å². The van der Waals surface area contributed by atoms with Crippen molar-refractivity contribution >= 4 is 46.3 Å². The van der Waals surface area contributed by atoms with Gasteiger partial charge in [0, 0.05) is 5.69 Å². The molecule has 2 heterocycles. The van der Waals surface area contributed by atoms with Crippen LogP contribution in [0.3, 0.4) is 0 Å². The predicted octanol–water partition coefficient (Wildman–Crippen LogP) is 2.61. The molecule has 0 bridgehead atoms. The molecule has 2 N–H and O–H groups in total. The summed E-state index contributed by atoms with van der Waals surface area (Å²) in [7, 11) is 0. The van der Waals surface area contributed by atoms with Gasteiger partial charge in [-0.05, 0) is 38.5 Å². The third-order valence-electron chi connectivity index (χ3n) is 4.02. The normalized spacial score (nSPS) is 10.7. The number of amides is 1. The van der Waals surface area contributed by atoms with Crippen LogP contribution in [0.2, 0.25) is 0 Å². The summed E-state index contributed by atoms with van der Waals surface area (Å²) in [5.41, 5.74) is 3.05. The summed E-state index contributed by atoms with van der Waals surface area (Å²) in [5.74, 6) is -1.77. The zero-order valence-corrected chi connectivity index (χ0v) is 16.3. The van der Waals surface area contributed by atoms with E-state index in [1.807, 2.05) is 0 Å². The van der Waals surface area contributed by atoms with Gasteiger partial charge in [0.2, 0.25) is 0 Å². The molecular weight excluding hydrogens is 384 g/mol. The number of hydrogen-bond donors (Lipinski definition) is 2. The van der Waals surface area contributed by atoms with Crippen molar-refractivity contribution in [3.05, 3.63) is 40.7 Å². The summed E-state index contributed by atoms with van der Waals surface area (Å²) in [5, 5.41) is 2.65. The Labute approximate surface area is 164 Å². The molecule has 2 aromatic heterocycles. The summed E-state index contributed by atoms with van der Waals surface area (Å²) in [6.07, 6.45) is 0. The second kappa shape index (κ2) is 8.17. The molecule has 146 valence electrons. The molecule has 0 saturated heterocycles. The van der Waals surface area contributed by atoms with Gasteiger partial charge in [-0.25, -0.2) is 9.59 Å². The number of rotatable bonds is 6. The van der Waals surface area contributed by atoms with Gasteiger partial charge in [-0.2, -0.15) is 8.75 Å². The monoisotopic (exact) mass is 402 g/mol. The number of aromatic nitrogens is 3. The third kappa shape index (κ3) is 3.86. The zero-order chi connectivity index (χ0) is 20.3. The first kappa shape index (κ1) is 19.5. The van der Waals surface area contributed by atoms with Crippen molar-refractivity contribution < 1.29 is 23.9 Å². The standard InChI is InChI=1S/C18H18N4O5S/c1-4-26-17(24)14-9(2)15(19-10(14)3)18(25)27-8-13(23)20-11-6-5-7-12-16(11)22-28-21-12/h5-7,19H,4,8H2,1-3H3,(H,20,23). The lowest BCUT2D eigenvalue weighted by atomic mass is 10.1. The quantitative estimate of drug-likeness (QED) is 0.608. The van der Waals surface area contributed by atoms with E-state index in [0.29, 0.717) is 33.5 Å². The lowest BCUT2D eigenvalue weighted by molar-refractivity contribution is -0.119. The topological polar surface area (TPSA) is 123 Å². The molecule has 0 saturated carbocycles. The predicted molar refractivity (Wildman–Crippen MR) is 103 cm³/mol. The van der Waals surface area contributed by atoms with E-state index < -0.39 is 24.5 Å². The van der Waals surface area contributed by atoms with E-state index in [2.05, 4.69) is 19.0 Å². The van der Waals surface area contributed by atoms with Gasteiger partial charge in [0.1, 0.15) is 16.7 Å². The number of esters is 2. The highest BCUT2D eigenvalue weighted by Gasteiger charge is 2.24. The van der Waals surface area contributed by atoms with Gasteiger partial charge < -0.3 is 19.8 Å². The lowest BCUT2D eigenvalue weighted by Gasteiger charge is -2.07. The first-order chi connectivity index (χ1) is 13.4. The van der Waals surface area contributed by atoms with E-state index in [9.17, 15) is 14.4 Å². The van der Waals surface area contributed by atoms with E-state index in [1.165, 1.54) is 0 Å². The Kier molecular flexibility index (Phi) is 5.69. The third-order valence-corrected chi connectivity index (χ3v) is 4.56. The van der Waals surface area contributed by atoms with Crippen LogP contribution in [0.15, 0.2) is 18.2 Å². The molecule has 3 aromatic rings. The number of anilines is 1. The fraction of sp³-hybridized carbons (Fsp3) is 0.278. The number of carbonyl (C=O) groups is 3. The van der Waals surface area contributed by atoms with E-state index in [4.69, 9.17) is 9.47 Å². The number of fused-ring (bicyclic) bond motifs is 1. The Morgan fingerprint density at radius 1 is 1.14 bits per heavy atom. The lowest BCUT2D eigenvalue weighted by Crippen LogP contribution is -2.21. The van der Waals surface area contributed by atoms with Crippen LogP contribution in [0.4, 0.5) is 5.69 Å². The maximum absolute atomic E-state index is 12.3. The SMILES string of the molecule is CCOC(=O)c1c(C)[nH]c(C(=O)OCC(=O)Nc2cccc3nsnc23)c1C. The number of benzene rings is 1. The minimum atomic E-state index is -0.736. The van der Waals surface area contributed by atoms with E-state index in [-0.39, 0.29) is 12.3 Å². The Morgan fingerprint density at radius 3 is 2.68 bits per heavy atom. The number of H-pyrrole nitrogens is 1. The molecule has 0 aliphatic rings. The van der Waals surface area contributed by atoms with Crippen molar-refractivity contribution in [1.29, 1.82) is 0 Å². The van der Waals surface area contributed by atoms with Gasteiger partial charge in [-0.3, -0.25) is 4.79 Å². The van der Waals surface area contributed by atoms with E-state index in [1.54, 1.807) is 39.0 Å². The van der Waals surface area contributed by atoms with Crippen LogP contribution in [0.1, 0.15) is 39.0 Å². The van der Waals surface area contributed by atoms with Crippen LogP contribution < -0.4 is 5.32 Å². The van der Waals surface area contributed by atoms with Gasteiger partial charge in [0.05, 0.1) is 29.6 Å². The molecule has 1 aromatic carbocycles. The van der Waals surface area contributed by atoms with Crippen LogP contribution >= 0.6 is 11.7 Å². The minimum Gasteiger partial charge on any atom is -0.462 e. The number of ether oxygens (including phenoxy) is 2. The molecule has 0 aliphatic carbocycles. The number of nitrogens with zero attached hydrogens (tertiary/aromatic N) is 2. The average molecular weight is 402 g/mol. The van der Waals surface area contributed by atoms with Gasteiger partial charge in [-0.1, -0.05) is 6.07 Å². The Morgan fingerprint density at radius 2 is 1.93 bits per heavy atom. The van der Waals surface area contributed by atoms with Crippen molar-refractivity contribution in [3.8, 4) is 0 Å². The van der Waals surface area contributed by atoms with Gasteiger partial charge >= 0.3 is 11.9 Å². The molecule has 9 nitrogen and oxygen atoms in total. The Bertz CT molecular complexity index is 1060. The molecule has 1 amide bonds. The number of hydrogen-bond acceptors (Lipinski definition) is 8. The number of aryl methyl sites for hydroxylation is 1. The maximum Gasteiger partial charge on any atom is 0.355 e. The van der Waals surface area contributed by atoms with E-state index in [0.717, 1.165) is 11.7 Å². The van der Waals surface area contributed by atoms with Crippen LogP contribution in [0.5, 0.6) is 0 Å². The Hall–Kier alpha value is -3.27. The highest BCUT2D eigenvalue weighted by Crippen LogP contribution is 2.22. The summed E-state index contributed by atoms with van der Waals surface area (Å²) in [4.78, 5) is 39.3. The fourth-order valence-electron chi connectivity index (χ4n) is 2.76. The molecule has 0 atom stereocenters. The largest absolute Gasteiger partial charge is 0.462 e. The fourth-order valence-corrected chi connectivity index (χ4v) is 3.31. The van der Waals surface area contributed by atoms with Crippen molar-refractivity contribution in [2.45, 2.75) is 20.8 Å². The maximum atomic E-state index is 12.3. The van der Waals surface area contributed by atoms with Crippen molar-refractivity contribution in [3.63, 3.8) is 0 Å². The minimum absolute atomic E-state index is 0.110. The molecule has 0 spiro atoms. The molecule has 10 heteroatoms. The first-order valence-corrected chi connectivity index (χ1v) is 9.20. The van der Waals surface area contributed by atoms with Crippen LogP contribution in [-0.2, 0) is 14.3 Å². The van der Waals surface area contributed by atoms with Crippen LogP contribution in [0, 0.1) is 13.8 Å². The molecule has 0 unspecified atom stereocenters.